The lowest BCUT2D eigenvalue weighted by Gasteiger charge is -2.13. The molecule has 0 amide bonds. The number of fused-ring (bicyclic) bond motifs is 1. The molecule has 0 saturated carbocycles. The smallest absolute Gasteiger partial charge is 0.123 e. The van der Waals surface area contributed by atoms with E-state index < -0.39 is 6.10 Å². The van der Waals surface area contributed by atoms with E-state index in [1.807, 2.05) is 54.1 Å². The molecule has 1 heterocycles. The maximum atomic E-state index is 10.3. The van der Waals surface area contributed by atoms with Crippen molar-refractivity contribution in [3.8, 4) is 5.75 Å². The molecule has 0 aliphatic carbocycles. The van der Waals surface area contributed by atoms with Crippen LogP contribution < -0.4 is 10.1 Å². The van der Waals surface area contributed by atoms with Gasteiger partial charge in [0.15, 0.2) is 0 Å². The summed E-state index contributed by atoms with van der Waals surface area (Å²) in [6.07, 6.45) is -0.607. The Labute approximate surface area is 145 Å². The van der Waals surface area contributed by atoms with Crippen LogP contribution >= 0.6 is 11.6 Å². The summed E-state index contributed by atoms with van der Waals surface area (Å²) in [6, 6.07) is 13.1. The number of nitrogens with one attached hydrogen (secondary N) is 1. The van der Waals surface area contributed by atoms with Gasteiger partial charge in [-0.2, -0.15) is 0 Å². The highest BCUT2D eigenvalue weighted by molar-refractivity contribution is 6.31. The molecule has 1 atom stereocenters. The molecule has 126 valence electrons. The Morgan fingerprint density at radius 2 is 2.12 bits per heavy atom. The number of hydrogen-bond donors (Lipinski definition) is 2. The van der Waals surface area contributed by atoms with Gasteiger partial charge in [-0.25, -0.2) is 4.98 Å². The van der Waals surface area contributed by atoms with Crippen molar-refractivity contribution in [1.82, 2.24) is 14.9 Å². The Kier molecular flexibility index (Phi) is 5.04. The summed E-state index contributed by atoms with van der Waals surface area (Å²) >= 11 is 6.01. The topological polar surface area (TPSA) is 59.3 Å². The number of benzene rings is 2. The van der Waals surface area contributed by atoms with Gasteiger partial charge in [0.1, 0.15) is 11.6 Å². The van der Waals surface area contributed by atoms with Gasteiger partial charge in [0.2, 0.25) is 0 Å². The highest BCUT2D eigenvalue weighted by Gasteiger charge is 2.11. The average molecular weight is 346 g/mol. The van der Waals surface area contributed by atoms with Crippen molar-refractivity contribution in [2.75, 3.05) is 13.7 Å². The number of imidazole rings is 1. The first-order chi connectivity index (χ1) is 11.6. The third-order valence-electron chi connectivity index (χ3n) is 4.03. The molecule has 3 aromatic rings. The molecule has 0 bridgehead atoms. The van der Waals surface area contributed by atoms with Gasteiger partial charge in [-0.1, -0.05) is 23.7 Å². The molecule has 1 aromatic heterocycles. The number of aliphatic hydroxyl groups is 1. The van der Waals surface area contributed by atoms with Crippen LogP contribution in [0, 0.1) is 0 Å². The predicted molar refractivity (Wildman–Crippen MR) is 95.4 cm³/mol. The van der Waals surface area contributed by atoms with Crippen molar-refractivity contribution in [3.05, 3.63) is 58.9 Å². The molecule has 0 spiro atoms. The van der Waals surface area contributed by atoms with Crippen molar-refractivity contribution in [3.63, 3.8) is 0 Å². The van der Waals surface area contributed by atoms with Gasteiger partial charge in [0, 0.05) is 18.6 Å². The fraction of sp³-hybridized carbons (Fsp3) is 0.278. The minimum atomic E-state index is -0.607. The van der Waals surface area contributed by atoms with Crippen molar-refractivity contribution < 1.29 is 9.84 Å². The second-order valence-corrected chi connectivity index (χ2v) is 6.08. The van der Waals surface area contributed by atoms with E-state index in [4.69, 9.17) is 16.3 Å². The number of nitrogens with zero attached hydrogens (tertiary/aromatic N) is 2. The van der Waals surface area contributed by atoms with Gasteiger partial charge in [-0.3, -0.25) is 0 Å². The molecule has 6 heteroatoms. The Balaban J connectivity index is 1.64. The zero-order valence-electron chi connectivity index (χ0n) is 13.7. The van der Waals surface area contributed by atoms with E-state index in [1.54, 1.807) is 7.11 Å². The lowest BCUT2D eigenvalue weighted by molar-refractivity contribution is 0.173. The molecule has 5 nitrogen and oxygen atoms in total. The Morgan fingerprint density at radius 3 is 2.92 bits per heavy atom. The Hall–Kier alpha value is -2.08. The number of halogens is 1. The molecule has 0 aliphatic rings. The van der Waals surface area contributed by atoms with Crippen molar-refractivity contribution >= 4 is 22.6 Å². The fourth-order valence-electron chi connectivity index (χ4n) is 2.67. The minimum Gasteiger partial charge on any atom is -0.497 e. The summed E-state index contributed by atoms with van der Waals surface area (Å²) in [5.74, 6) is 1.63. The summed E-state index contributed by atoms with van der Waals surface area (Å²) in [5.41, 5.74) is 2.72. The zero-order chi connectivity index (χ0) is 17.1. The highest BCUT2D eigenvalue weighted by atomic mass is 35.5. The van der Waals surface area contributed by atoms with E-state index in [2.05, 4.69) is 10.3 Å². The summed E-state index contributed by atoms with van der Waals surface area (Å²) in [6.45, 7) is 0.987. The second kappa shape index (κ2) is 7.21. The monoisotopic (exact) mass is 345 g/mol. The van der Waals surface area contributed by atoms with Gasteiger partial charge in [0.05, 0.1) is 30.8 Å². The van der Waals surface area contributed by atoms with Gasteiger partial charge >= 0.3 is 0 Å². The summed E-state index contributed by atoms with van der Waals surface area (Å²) in [7, 11) is 3.58. The molecule has 0 aliphatic heterocycles. The van der Waals surface area contributed by atoms with Crippen LogP contribution in [-0.2, 0) is 13.6 Å². The van der Waals surface area contributed by atoms with E-state index in [0.29, 0.717) is 18.1 Å². The van der Waals surface area contributed by atoms with Crippen LogP contribution in [0.2, 0.25) is 5.02 Å². The maximum Gasteiger partial charge on any atom is 0.123 e. The van der Waals surface area contributed by atoms with Crippen LogP contribution in [0.1, 0.15) is 17.5 Å². The predicted octanol–water partition coefficient (Wildman–Crippen LogP) is 3.06. The fourth-order valence-corrected chi connectivity index (χ4v) is 2.83. The van der Waals surface area contributed by atoms with Gasteiger partial charge in [-0.05, 0) is 35.9 Å². The van der Waals surface area contributed by atoms with Crippen LogP contribution in [0.15, 0.2) is 42.5 Å². The van der Waals surface area contributed by atoms with Crippen LogP contribution in [0.4, 0.5) is 0 Å². The van der Waals surface area contributed by atoms with E-state index in [1.165, 1.54) is 0 Å². The summed E-state index contributed by atoms with van der Waals surface area (Å²) in [4.78, 5) is 4.58. The number of rotatable bonds is 6. The standard InChI is InChI=1S/C18H20ClN3O2/c1-22-16-7-6-13(19)9-15(16)21-18(22)11-20-10-17(23)12-4-3-5-14(8-12)24-2/h3-9,17,20,23H,10-11H2,1-2H3. The van der Waals surface area contributed by atoms with Gasteiger partial charge < -0.3 is 19.7 Å². The molecule has 3 rings (SSSR count). The average Bonchev–Trinajstić information content (AvgIpc) is 2.90. The van der Waals surface area contributed by atoms with E-state index in [0.717, 1.165) is 28.2 Å². The number of aryl methyl sites for hydroxylation is 1. The molecular formula is C18H20ClN3O2. The quantitative estimate of drug-likeness (QED) is 0.721. The number of hydrogen-bond acceptors (Lipinski definition) is 4. The van der Waals surface area contributed by atoms with Gasteiger partial charge in [0.25, 0.3) is 0 Å². The highest BCUT2D eigenvalue weighted by Crippen LogP contribution is 2.20. The third kappa shape index (κ3) is 3.53. The molecule has 2 aromatic carbocycles. The lowest BCUT2D eigenvalue weighted by atomic mass is 10.1. The SMILES string of the molecule is COc1cccc(C(O)CNCc2nc3cc(Cl)ccc3n2C)c1. The lowest BCUT2D eigenvalue weighted by Crippen LogP contribution is -2.22. The number of ether oxygens (including phenoxy) is 1. The normalized spacial score (nSPS) is 12.5. The first-order valence-electron chi connectivity index (χ1n) is 7.72. The molecular weight excluding hydrogens is 326 g/mol. The molecule has 2 N–H and O–H groups in total. The van der Waals surface area contributed by atoms with Crippen molar-refractivity contribution in [2.45, 2.75) is 12.6 Å². The van der Waals surface area contributed by atoms with Crippen LogP contribution in [0.5, 0.6) is 5.75 Å². The first kappa shape index (κ1) is 16.8. The van der Waals surface area contributed by atoms with Crippen LogP contribution in [0.25, 0.3) is 11.0 Å². The molecule has 1 unspecified atom stereocenters. The minimum absolute atomic E-state index is 0.428. The Bertz CT molecular complexity index is 847. The van der Waals surface area contributed by atoms with Crippen LogP contribution in [-0.4, -0.2) is 28.3 Å². The number of aromatic nitrogens is 2. The number of methoxy groups -OCH3 is 1. The van der Waals surface area contributed by atoms with E-state index >= 15 is 0 Å². The largest absolute Gasteiger partial charge is 0.497 e. The van der Waals surface area contributed by atoms with Crippen LogP contribution in [0.3, 0.4) is 0 Å². The second-order valence-electron chi connectivity index (χ2n) is 5.64. The summed E-state index contributed by atoms with van der Waals surface area (Å²) < 4.78 is 7.21. The van der Waals surface area contributed by atoms with Crippen molar-refractivity contribution in [1.29, 1.82) is 0 Å². The number of aliphatic hydroxyl groups excluding tert-OH is 1. The van der Waals surface area contributed by atoms with Crippen molar-refractivity contribution in [2.24, 2.45) is 7.05 Å². The van der Waals surface area contributed by atoms with E-state index in [-0.39, 0.29) is 0 Å². The molecule has 0 fully saturated rings. The molecule has 24 heavy (non-hydrogen) atoms. The maximum absolute atomic E-state index is 10.3. The third-order valence-corrected chi connectivity index (χ3v) is 4.27. The van der Waals surface area contributed by atoms with E-state index in [9.17, 15) is 5.11 Å². The summed E-state index contributed by atoms with van der Waals surface area (Å²) in [5, 5.41) is 14.2. The molecule has 0 saturated heterocycles. The van der Waals surface area contributed by atoms with Gasteiger partial charge in [-0.15, -0.1) is 0 Å². The first-order valence-corrected chi connectivity index (χ1v) is 8.10. The molecule has 0 radical (unpaired) electrons. The Morgan fingerprint density at radius 1 is 1.29 bits per heavy atom. The zero-order valence-corrected chi connectivity index (χ0v) is 14.4.